The molecule has 0 amide bonds. The van der Waals surface area contributed by atoms with E-state index in [0.717, 1.165) is 5.56 Å². The van der Waals surface area contributed by atoms with Crippen LogP contribution in [0, 0.1) is 0 Å². The molecule has 0 heterocycles. The van der Waals surface area contributed by atoms with E-state index in [0.29, 0.717) is 0 Å². The van der Waals surface area contributed by atoms with Crippen LogP contribution < -0.4 is 18.1 Å². The first-order valence-corrected chi connectivity index (χ1v) is 5.53. The maximum Gasteiger partial charge on any atom is 0.366 e. The lowest BCUT2D eigenvalue weighted by molar-refractivity contribution is -0.463. The molecule has 1 aromatic rings. The van der Waals surface area contributed by atoms with Crippen LogP contribution in [0.25, 0.3) is 0 Å². The van der Waals surface area contributed by atoms with Crippen LogP contribution in [0.5, 0.6) is 0 Å². The maximum absolute atomic E-state index is 11.4. The van der Waals surface area contributed by atoms with E-state index in [4.69, 9.17) is 5.11 Å². The molecule has 1 aliphatic carbocycles. The van der Waals surface area contributed by atoms with Gasteiger partial charge in [-0.05, 0) is 5.56 Å². The SMILES string of the molecule is [Cl-].[NH3+][C@@]1(C(=O)O)CC(C(=O)O)=C[C@@H]1c1ccccc1. The standard InChI is InChI=1S/C13H13NO4.ClH/c14-13(12(17)18)7-9(11(15)16)6-10(13)8-4-2-1-3-5-8;/h1-6,10H,7,14H2,(H,15,16)(H,17,18);1H/t10-,13+;/m1./s1. The van der Waals surface area contributed by atoms with Crippen molar-refractivity contribution in [2.45, 2.75) is 17.9 Å². The van der Waals surface area contributed by atoms with E-state index in [-0.39, 0.29) is 24.4 Å². The fourth-order valence-electron chi connectivity index (χ4n) is 2.30. The molecule has 0 radical (unpaired) electrons. The average Bonchev–Trinajstić information content (AvgIpc) is 2.70. The van der Waals surface area contributed by atoms with Gasteiger partial charge in [-0.15, -0.1) is 0 Å². The molecule has 5 N–H and O–H groups in total. The lowest BCUT2D eigenvalue weighted by Crippen LogP contribution is -3.00. The van der Waals surface area contributed by atoms with Gasteiger partial charge in [0.1, 0.15) is 0 Å². The van der Waals surface area contributed by atoms with E-state index >= 15 is 0 Å². The molecule has 0 aliphatic heterocycles. The highest BCUT2D eigenvalue weighted by Crippen LogP contribution is 2.38. The molecule has 102 valence electrons. The van der Waals surface area contributed by atoms with Gasteiger partial charge in [-0.25, -0.2) is 9.59 Å². The van der Waals surface area contributed by atoms with Gasteiger partial charge in [0.15, 0.2) is 0 Å². The summed E-state index contributed by atoms with van der Waals surface area (Å²) in [6, 6.07) is 8.99. The molecule has 5 nitrogen and oxygen atoms in total. The molecule has 6 heteroatoms. The van der Waals surface area contributed by atoms with Crippen molar-refractivity contribution >= 4 is 11.9 Å². The smallest absolute Gasteiger partial charge is 0.366 e. The van der Waals surface area contributed by atoms with Crippen molar-refractivity contribution < 1.29 is 37.9 Å². The Morgan fingerprint density at radius 3 is 2.26 bits per heavy atom. The summed E-state index contributed by atoms with van der Waals surface area (Å²) in [6.07, 6.45) is 1.44. The fourth-order valence-corrected chi connectivity index (χ4v) is 2.30. The fraction of sp³-hybridized carbons (Fsp3) is 0.231. The number of rotatable bonds is 3. The number of quaternary nitrogens is 1. The van der Waals surface area contributed by atoms with Crippen molar-refractivity contribution in [2.24, 2.45) is 0 Å². The largest absolute Gasteiger partial charge is 1.00 e. The Bertz CT molecular complexity index is 529. The van der Waals surface area contributed by atoms with E-state index in [2.05, 4.69) is 5.73 Å². The Morgan fingerprint density at radius 2 is 1.79 bits per heavy atom. The molecule has 2 rings (SSSR count). The predicted molar refractivity (Wildman–Crippen MR) is 62.8 cm³/mol. The zero-order valence-corrected chi connectivity index (χ0v) is 10.8. The molecule has 0 fully saturated rings. The lowest BCUT2D eigenvalue weighted by Gasteiger charge is -2.23. The first-order chi connectivity index (χ1) is 8.45. The van der Waals surface area contributed by atoms with E-state index in [1.165, 1.54) is 6.08 Å². The second-order valence-electron chi connectivity index (χ2n) is 4.52. The van der Waals surface area contributed by atoms with E-state index in [1.807, 2.05) is 6.07 Å². The predicted octanol–water partition coefficient (Wildman–Crippen LogP) is -2.75. The van der Waals surface area contributed by atoms with Gasteiger partial charge in [0.25, 0.3) is 0 Å². The number of carboxylic acid groups (broad SMARTS) is 2. The second-order valence-corrected chi connectivity index (χ2v) is 4.52. The van der Waals surface area contributed by atoms with Gasteiger partial charge < -0.3 is 28.4 Å². The van der Waals surface area contributed by atoms with E-state index in [9.17, 15) is 14.7 Å². The molecular formula is C13H14ClNO4. The molecule has 0 aromatic heterocycles. The number of carbonyl (C=O) groups is 2. The van der Waals surface area contributed by atoms with Crippen LogP contribution in [0.4, 0.5) is 0 Å². The quantitative estimate of drug-likeness (QED) is 0.560. The highest BCUT2D eigenvalue weighted by molar-refractivity contribution is 5.92. The van der Waals surface area contributed by atoms with Crippen molar-refractivity contribution in [3.63, 3.8) is 0 Å². The van der Waals surface area contributed by atoms with Crippen LogP contribution >= 0.6 is 0 Å². The second kappa shape index (κ2) is 5.42. The van der Waals surface area contributed by atoms with Gasteiger partial charge in [-0.2, -0.15) is 0 Å². The molecule has 0 saturated carbocycles. The van der Waals surface area contributed by atoms with Crippen LogP contribution in [0.15, 0.2) is 42.0 Å². The number of benzene rings is 1. The summed E-state index contributed by atoms with van der Waals surface area (Å²) < 4.78 is 0. The minimum Gasteiger partial charge on any atom is -1.00 e. The molecule has 0 saturated heterocycles. The summed E-state index contributed by atoms with van der Waals surface area (Å²) in [5, 5.41) is 18.3. The first kappa shape index (κ1) is 15.2. The van der Waals surface area contributed by atoms with Crippen molar-refractivity contribution in [1.29, 1.82) is 0 Å². The van der Waals surface area contributed by atoms with Crippen LogP contribution in [-0.2, 0) is 9.59 Å². The molecule has 0 spiro atoms. The minimum atomic E-state index is -1.34. The third-order valence-corrected chi connectivity index (χ3v) is 3.33. The van der Waals surface area contributed by atoms with Crippen molar-refractivity contribution in [2.75, 3.05) is 0 Å². The van der Waals surface area contributed by atoms with Gasteiger partial charge in [0, 0.05) is 12.0 Å². The summed E-state index contributed by atoms with van der Waals surface area (Å²) >= 11 is 0. The third-order valence-electron chi connectivity index (χ3n) is 3.33. The van der Waals surface area contributed by atoms with Crippen molar-refractivity contribution in [3.05, 3.63) is 47.5 Å². The number of halogens is 1. The summed E-state index contributed by atoms with van der Waals surface area (Å²) in [7, 11) is 0. The molecular weight excluding hydrogens is 270 g/mol. The number of hydrogen-bond donors (Lipinski definition) is 3. The monoisotopic (exact) mass is 283 g/mol. The molecule has 19 heavy (non-hydrogen) atoms. The minimum absolute atomic E-state index is 0. The van der Waals surface area contributed by atoms with E-state index < -0.39 is 23.4 Å². The Morgan fingerprint density at radius 1 is 1.21 bits per heavy atom. The van der Waals surface area contributed by atoms with Crippen molar-refractivity contribution in [1.82, 2.24) is 0 Å². The lowest BCUT2D eigenvalue weighted by atomic mass is 9.82. The zero-order chi connectivity index (χ0) is 13.3. The molecule has 0 unspecified atom stereocenters. The van der Waals surface area contributed by atoms with Gasteiger partial charge >= 0.3 is 11.9 Å². The summed E-state index contributed by atoms with van der Waals surface area (Å²) in [5.74, 6) is -2.67. The van der Waals surface area contributed by atoms with Gasteiger partial charge in [0.2, 0.25) is 5.54 Å². The number of carboxylic acids is 2. The number of hydrogen-bond acceptors (Lipinski definition) is 2. The summed E-state index contributed by atoms with van der Waals surface area (Å²) in [6.45, 7) is 0. The number of aliphatic carboxylic acids is 2. The van der Waals surface area contributed by atoms with Crippen LogP contribution in [0.1, 0.15) is 17.9 Å². The third kappa shape index (κ3) is 2.62. The van der Waals surface area contributed by atoms with Crippen molar-refractivity contribution in [3.8, 4) is 0 Å². The molecule has 0 bridgehead atoms. The maximum atomic E-state index is 11.4. The Kier molecular flexibility index (Phi) is 4.34. The van der Waals surface area contributed by atoms with E-state index in [1.54, 1.807) is 24.3 Å². The summed E-state index contributed by atoms with van der Waals surface area (Å²) in [5.41, 5.74) is 3.29. The normalized spacial score (nSPS) is 25.3. The molecule has 1 aliphatic rings. The highest BCUT2D eigenvalue weighted by Gasteiger charge is 2.52. The topological polar surface area (TPSA) is 102 Å². The van der Waals surface area contributed by atoms with Gasteiger partial charge in [0.05, 0.1) is 5.92 Å². The van der Waals surface area contributed by atoms with Crippen LogP contribution in [0.2, 0.25) is 0 Å². The first-order valence-electron chi connectivity index (χ1n) is 5.53. The Hall–Kier alpha value is -1.85. The summed E-state index contributed by atoms with van der Waals surface area (Å²) in [4.78, 5) is 22.4. The average molecular weight is 284 g/mol. The Balaban J connectivity index is 0.00000180. The Labute approximate surface area is 116 Å². The molecule has 1 aromatic carbocycles. The molecule has 2 atom stereocenters. The van der Waals surface area contributed by atoms with Gasteiger partial charge in [-0.3, -0.25) is 0 Å². The highest BCUT2D eigenvalue weighted by atomic mass is 35.5. The van der Waals surface area contributed by atoms with Crippen LogP contribution in [0.3, 0.4) is 0 Å². The van der Waals surface area contributed by atoms with Gasteiger partial charge in [-0.1, -0.05) is 36.4 Å². The zero-order valence-electron chi connectivity index (χ0n) is 10.0. The van der Waals surface area contributed by atoms with Crippen LogP contribution in [-0.4, -0.2) is 27.7 Å².